The lowest BCUT2D eigenvalue weighted by Gasteiger charge is -2.48. The van der Waals surface area contributed by atoms with Crippen LogP contribution in [0.3, 0.4) is 0 Å². The molecular formula is C47H58N4O7Si. The predicted octanol–water partition coefficient (Wildman–Crippen LogP) is 8.57. The van der Waals surface area contributed by atoms with Gasteiger partial charge in [-0.05, 0) is 75.8 Å². The third-order valence-electron chi connectivity index (χ3n) is 11.6. The number of nitrogens with zero attached hydrogens (tertiary/aromatic N) is 2. The molecule has 0 bridgehead atoms. The third-order valence-corrected chi connectivity index (χ3v) is 17.6. The Bertz CT molecular complexity index is 2110. The maximum Gasteiger partial charge on any atom is 0.351 e. The molecule has 2 N–H and O–H groups in total. The molecule has 12 heteroatoms. The fourth-order valence-corrected chi connectivity index (χ4v) is 14.2. The molecule has 0 saturated carbocycles. The molecule has 2 heterocycles. The van der Waals surface area contributed by atoms with Crippen molar-refractivity contribution in [3.63, 3.8) is 0 Å². The molecule has 1 aliphatic rings. The van der Waals surface area contributed by atoms with E-state index in [2.05, 4.69) is 69.3 Å². The summed E-state index contributed by atoms with van der Waals surface area (Å²) in [5.41, 5.74) is 1.34. The van der Waals surface area contributed by atoms with Crippen LogP contribution in [0.5, 0.6) is 11.5 Å². The minimum atomic E-state index is -2.42. The minimum Gasteiger partial charge on any atom is -0.497 e. The number of aromatic nitrogens is 2. The van der Waals surface area contributed by atoms with Gasteiger partial charge >= 0.3 is 5.69 Å². The van der Waals surface area contributed by atoms with Crippen LogP contribution in [0.2, 0.25) is 16.6 Å². The number of carbonyl (C=O) groups is 1. The summed E-state index contributed by atoms with van der Waals surface area (Å²) in [7, 11) is 0.878. The predicted molar refractivity (Wildman–Crippen MR) is 234 cm³/mol. The summed E-state index contributed by atoms with van der Waals surface area (Å²) >= 11 is 0. The summed E-state index contributed by atoms with van der Waals surface area (Å²) in [6.45, 7) is 14.6. The van der Waals surface area contributed by atoms with Gasteiger partial charge in [-0.15, -0.1) is 0 Å². The van der Waals surface area contributed by atoms with Gasteiger partial charge in [0.25, 0.3) is 5.91 Å². The second-order valence-corrected chi connectivity index (χ2v) is 21.6. The number of carbonyl (C=O) groups excluding carboxylic acids is 1. The first-order valence-corrected chi connectivity index (χ1v) is 22.5. The smallest absolute Gasteiger partial charge is 0.351 e. The Balaban J connectivity index is 1.43. The van der Waals surface area contributed by atoms with Crippen LogP contribution in [-0.4, -0.2) is 69.9 Å². The van der Waals surface area contributed by atoms with E-state index in [0.717, 1.165) is 28.2 Å². The molecule has 0 aliphatic carbocycles. The van der Waals surface area contributed by atoms with E-state index in [1.54, 1.807) is 50.7 Å². The number of amides is 1. The highest BCUT2D eigenvalue weighted by molar-refractivity contribution is 6.77. The van der Waals surface area contributed by atoms with E-state index in [0.29, 0.717) is 35.3 Å². The summed E-state index contributed by atoms with van der Waals surface area (Å²) in [5.74, 6) is 1.23. The Morgan fingerprint density at radius 1 is 0.797 bits per heavy atom. The number of hydrogen-bond donors (Lipinski definition) is 2. The van der Waals surface area contributed by atoms with Gasteiger partial charge in [-0.3, -0.25) is 9.36 Å². The summed E-state index contributed by atoms with van der Waals surface area (Å²) < 4.78 is 34.6. The first-order valence-electron chi connectivity index (χ1n) is 20.3. The molecule has 5 aromatic rings. The first kappa shape index (κ1) is 43.5. The lowest BCUT2D eigenvalue weighted by atomic mass is 9.79. The molecule has 4 aromatic carbocycles. The van der Waals surface area contributed by atoms with Crippen molar-refractivity contribution >= 4 is 20.0 Å². The van der Waals surface area contributed by atoms with Crippen LogP contribution >= 0.6 is 0 Å². The summed E-state index contributed by atoms with van der Waals surface area (Å²) in [6, 6.07) is 36.4. The lowest BCUT2D eigenvalue weighted by Crippen LogP contribution is -2.61. The van der Waals surface area contributed by atoms with Gasteiger partial charge in [-0.2, -0.15) is 4.98 Å². The van der Waals surface area contributed by atoms with Crippen LogP contribution < -0.4 is 25.8 Å². The zero-order valence-corrected chi connectivity index (χ0v) is 36.4. The fraction of sp³-hybridized carbons (Fsp3) is 0.383. The first-order chi connectivity index (χ1) is 28.4. The Labute approximate surface area is 349 Å². The Hall–Kier alpha value is -5.11. The van der Waals surface area contributed by atoms with Crippen LogP contribution in [-0.2, 0) is 19.5 Å². The molecule has 0 unspecified atom stereocenters. The normalized spacial score (nSPS) is 17.3. The van der Waals surface area contributed by atoms with Gasteiger partial charge in [-0.1, -0.05) is 114 Å². The van der Waals surface area contributed by atoms with E-state index in [9.17, 15) is 9.59 Å². The number of methoxy groups -OCH3 is 2. The van der Waals surface area contributed by atoms with E-state index in [1.807, 2.05) is 72.8 Å². The highest BCUT2D eigenvalue weighted by Crippen LogP contribution is 2.45. The summed E-state index contributed by atoms with van der Waals surface area (Å²) in [4.78, 5) is 30.9. The van der Waals surface area contributed by atoms with E-state index < -0.39 is 31.4 Å². The molecule has 0 radical (unpaired) electrons. The van der Waals surface area contributed by atoms with E-state index in [-0.39, 0.29) is 24.9 Å². The van der Waals surface area contributed by atoms with Gasteiger partial charge in [0.05, 0.1) is 27.4 Å². The zero-order chi connectivity index (χ0) is 42.2. The van der Waals surface area contributed by atoms with Gasteiger partial charge in [0.2, 0.25) is 0 Å². The quantitative estimate of drug-likeness (QED) is 0.0702. The molecule has 1 aliphatic heterocycles. The van der Waals surface area contributed by atoms with Crippen molar-refractivity contribution in [2.45, 2.75) is 75.6 Å². The Kier molecular flexibility index (Phi) is 13.9. The Morgan fingerprint density at radius 2 is 1.32 bits per heavy atom. The number of rotatable bonds is 17. The van der Waals surface area contributed by atoms with E-state index in [1.165, 1.54) is 4.57 Å². The highest BCUT2D eigenvalue weighted by atomic mass is 28.4. The van der Waals surface area contributed by atoms with Crippen molar-refractivity contribution < 1.29 is 28.2 Å². The zero-order valence-electron chi connectivity index (χ0n) is 35.4. The lowest BCUT2D eigenvalue weighted by molar-refractivity contribution is -0.203. The number of hydrogen-bond acceptors (Lipinski definition) is 9. The molecule has 312 valence electrons. The molecule has 59 heavy (non-hydrogen) atoms. The highest BCUT2D eigenvalue weighted by Gasteiger charge is 2.50. The molecule has 11 nitrogen and oxygen atoms in total. The van der Waals surface area contributed by atoms with Crippen molar-refractivity contribution in [3.05, 3.63) is 154 Å². The van der Waals surface area contributed by atoms with Gasteiger partial charge in [0.1, 0.15) is 28.5 Å². The monoisotopic (exact) mass is 818 g/mol. The third kappa shape index (κ3) is 9.22. The SMILES string of the molecule is COc1ccc(C(OC[C@]2(CO[Si](C(C)C)(C(C)C)C(C)C)CNC[C@H](n3ccc(NC(=O)c4ccccc4)nc3=O)O2)(c2ccccc2)c2ccc(OC)cc2)cc1. The molecule has 2 atom stereocenters. The number of morpholine rings is 1. The van der Waals surface area contributed by atoms with Crippen LogP contribution in [0.4, 0.5) is 5.82 Å². The summed E-state index contributed by atoms with van der Waals surface area (Å²) in [5, 5.41) is 6.31. The molecular weight excluding hydrogens is 761 g/mol. The average Bonchev–Trinajstić information content (AvgIpc) is 3.25. The molecule has 1 fully saturated rings. The van der Waals surface area contributed by atoms with Crippen LogP contribution in [0, 0.1) is 0 Å². The van der Waals surface area contributed by atoms with Gasteiger partial charge in [0.15, 0.2) is 14.5 Å². The van der Waals surface area contributed by atoms with Crippen molar-refractivity contribution in [3.8, 4) is 11.5 Å². The number of benzene rings is 4. The second-order valence-electron chi connectivity index (χ2n) is 16.1. The maximum atomic E-state index is 13.7. The van der Waals surface area contributed by atoms with Crippen molar-refractivity contribution in [1.29, 1.82) is 0 Å². The minimum absolute atomic E-state index is 0.0790. The molecule has 1 aromatic heterocycles. The van der Waals surface area contributed by atoms with E-state index in [4.69, 9.17) is 23.4 Å². The van der Waals surface area contributed by atoms with Gasteiger partial charge in [-0.25, -0.2) is 4.79 Å². The number of nitrogens with one attached hydrogen (secondary N) is 2. The topological polar surface area (TPSA) is 122 Å². The molecule has 6 rings (SSSR count). The largest absolute Gasteiger partial charge is 0.497 e. The number of anilines is 1. The molecule has 1 saturated heterocycles. The maximum absolute atomic E-state index is 13.7. The molecule has 1 amide bonds. The average molecular weight is 819 g/mol. The fourth-order valence-electron chi connectivity index (χ4n) is 8.71. The van der Waals surface area contributed by atoms with Crippen LogP contribution in [0.15, 0.2) is 126 Å². The Morgan fingerprint density at radius 3 is 1.83 bits per heavy atom. The van der Waals surface area contributed by atoms with Crippen LogP contribution in [0.25, 0.3) is 0 Å². The van der Waals surface area contributed by atoms with Gasteiger partial charge < -0.3 is 34.0 Å². The van der Waals surface area contributed by atoms with Gasteiger partial charge in [0, 0.05) is 24.8 Å². The van der Waals surface area contributed by atoms with Crippen molar-refractivity contribution in [2.75, 3.05) is 45.8 Å². The van der Waals surface area contributed by atoms with Crippen molar-refractivity contribution in [1.82, 2.24) is 14.9 Å². The van der Waals surface area contributed by atoms with E-state index >= 15 is 0 Å². The number of ether oxygens (including phenoxy) is 4. The van der Waals surface area contributed by atoms with Crippen LogP contribution in [0.1, 0.15) is 74.8 Å². The standard InChI is InChI=1S/C47H58N4O7Si/c1-33(2)59(34(3)4,35(5)6)57-32-46(30-48-29-43(58-46)51-28-27-42(50-45(51)53)49-44(52)36-15-11-9-12-16-36)31-56-47(37-17-13-10-14-18-37,38-19-23-40(54-7)24-20-38)39-21-25-41(55-8)26-22-39/h9-28,33-35,43,48H,29-32H2,1-8H3,(H,49,50,52,53)/t43-,46+/m1/s1. The molecule has 0 spiro atoms. The van der Waals surface area contributed by atoms with Crippen molar-refractivity contribution in [2.24, 2.45) is 0 Å². The summed E-state index contributed by atoms with van der Waals surface area (Å²) in [6.07, 6.45) is 0.842. The second kappa shape index (κ2) is 18.9.